The molecule has 3 heteroatoms. The van der Waals surface area contributed by atoms with Crippen molar-refractivity contribution >= 4 is 8.96 Å². The van der Waals surface area contributed by atoms with Gasteiger partial charge in [-0.25, -0.2) is 0 Å². The van der Waals surface area contributed by atoms with Gasteiger partial charge in [-0.15, -0.1) is 0 Å². The van der Waals surface area contributed by atoms with Crippen LogP contribution in [0.15, 0.2) is 60.7 Å². The molecule has 21 heavy (non-hydrogen) atoms. The third kappa shape index (κ3) is 2.53. The lowest BCUT2D eigenvalue weighted by Crippen LogP contribution is -2.33. The first-order valence-electron chi connectivity index (χ1n) is 7.71. The van der Waals surface area contributed by atoms with Crippen molar-refractivity contribution in [2.75, 3.05) is 6.54 Å². The van der Waals surface area contributed by atoms with E-state index in [0.717, 1.165) is 0 Å². The molecular formula is C18H20NOP. The van der Waals surface area contributed by atoms with Crippen LogP contribution in [0.25, 0.3) is 0 Å². The van der Waals surface area contributed by atoms with Crippen molar-refractivity contribution in [3.05, 3.63) is 71.8 Å². The molecule has 2 aliphatic rings. The minimum Gasteiger partial charge on any atom is -0.340 e. The number of rotatable bonds is 3. The first-order valence-corrected chi connectivity index (χ1v) is 8.57. The van der Waals surface area contributed by atoms with Crippen molar-refractivity contribution in [3.63, 3.8) is 0 Å². The Bertz CT molecular complexity index is 549. The Morgan fingerprint density at radius 2 is 1.57 bits per heavy atom. The standard InChI is InChI=1S/C18H20NOP/c1-3-8-14(9-4-1)17(15-10-5-2-6-11-15)18-16-12-7-13-19(16)21-20-18/h1-6,8-11,16-18,21H,7,12-13H2/t16-,18?/m1/s1. The van der Waals surface area contributed by atoms with Crippen LogP contribution in [0.1, 0.15) is 29.9 Å². The maximum Gasteiger partial charge on any atom is 0.0899 e. The van der Waals surface area contributed by atoms with Crippen LogP contribution in [-0.2, 0) is 4.52 Å². The molecule has 0 bridgehead atoms. The van der Waals surface area contributed by atoms with Crippen LogP contribution >= 0.6 is 8.96 Å². The fourth-order valence-electron chi connectivity index (χ4n) is 3.64. The minimum atomic E-state index is 0.288. The molecule has 3 atom stereocenters. The van der Waals surface area contributed by atoms with Gasteiger partial charge in [-0.2, -0.15) is 0 Å². The van der Waals surface area contributed by atoms with Crippen molar-refractivity contribution in [1.29, 1.82) is 0 Å². The van der Waals surface area contributed by atoms with E-state index in [2.05, 4.69) is 65.3 Å². The summed E-state index contributed by atoms with van der Waals surface area (Å²) in [5, 5.41) is 0. The van der Waals surface area contributed by atoms with E-state index in [0.29, 0.717) is 20.9 Å². The zero-order chi connectivity index (χ0) is 14.1. The van der Waals surface area contributed by atoms with E-state index in [9.17, 15) is 0 Å². The predicted molar refractivity (Wildman–Crippen MR) is 87.6 cm³/mol. The summed E-state index contributed by atoms with van der Waals surface area (Å²) in [6.45, 7) is 1.20. The van der Waals surface area contributed by atoms with Gasteiger partial charge < -0.3 is 4.52 Å². The van der Waals surface area contributed by atoms with Gasteiger partial charge in [0.2, 0.25) is 0 Å². The summed E-state index contributed by atoms with van der Waals surface area (Å²) in [6, 6.07) is 22.3. The van der Waals surface area contributed by atoms with Crippen LogP contribution in [0.5, 0.6) is 0 Å². The van der Waals surface area contributed by atoms with Gasteiger partial charge in [0.15, 0.2) is 0 Å². The SMILES string of the molecule is c1ccc(C(c2ccccc2)C2OPN3CCC[C@H]23)cc1. The molecule has 0 spiro atoms. The van der Waals surface area contributed by atoms with Gasteiger partial charge >= 0.3 is 0 Å². The van der Waals surface area contributed by atoms with Crippen molar-refractivity contribution in [2.24, 2.45) is 0 Å². The van der Waals surface area contributed by atoms with Crippen molar-refractivity contribution in [2.45, 2.75) is 30.9 Å². The highest BCUT2D eigenvalue weighted by molar-refractivity contribution is 7.29. The fourth-order valence-corrected chi connectivity index (χ4v) is 4.85. The molecule has 2 aromatic rings. The number of benzene rings is 2. The van der Waals surface area contributed by atoms with E-state index in [1.165, 1.54) is 30.5 Å². The van der Waals surface area contributed by atoms with Crippen LogP contribution in [-0.4, -0.2) is 23.4 Å². The van der Waals surface area contributed by atoms with Gasteiger partial charge in [0, 0.05) is 18.5 Å². The highest BCUT2D eigenvalue weighted by Crippen LogP contribution is 2.48. The summed E-state index contributed by atoms with van der Waals surface area (Å²) in [5.41, 5.74) is 2.74. The molecular weight excluding hydrogens is 277 g/mol. The zero-order valence-corrected chi connectivity index (χ0v) is 13.0. The molecule has 108 valence electrons. The Labute approximate surface area is 128 Å². The maximum atomic E-state index is 6.24. The second-order valence-corrected chi connectivity index (χ2v) is 6.87. The first kappa shape index (κ1) is 13.5. The van der Waals surface area contributed by atoms with Gasteiger partial charge in [-0.3, -0.25) is 4.67 Å². The first-order chi connectivity index (χ1) is 10.4. The average Bonchev–Trinajstić information content (AvgIpc) is 3.15. The van der Waals surface area contributed by atoms with E-state index < -0.39 is 0 Å². The third-order valence-corrected chi connectivity index (χ3v) is 5.80. The van der Waals surface area contributed by atoms with Crippen LogP contribution in [0.4, 0.5) is 0 Å². The molecule has 2 unspecified atom stereocenters. The molecule has 4 rings (SSSR count). The molecule has 0 saturated carbocycles. The lowest BCUT2D eigenvalue weighted by molar-refractivity contribution is 0.191. The molecule has 0 aromatic heterocycles. The topological polar surface area (TPSA) is 12.5 Å². The second-order valence-electron chi connectivity index (χ2n) is 5.88. The molecule has 2 aromatic carbocycles. The van der Waals surface area contributed by atoms with E-state index in [1.54, 1.807) is 0 Å². The maximum absolute atomic E-state index is 6.24. The Morgan fingerprint density at radius 3 is 2.19 bits per heavy atom. The molecule has 0 radical (unpaired) electrons. The summed E-state index contributed by atoms with van der Waals surface area (Å²) in [5.74, 6) is 0.341. The minimum absolute atomic E-state index is 0.288. The summed E-state index contributed by atoms with van der Waals surface area (Å²) in [6.07, 6.45) is 2.87. The van der Waals surface area contributed by atoms with Gasteiger partial charge in [0.05, 0.1) is 15.1 Å². The van der Waals surface area contributed by atoms with E-state index in [4.69, 9.17) is 4.52 Å². The highest BCUT2D eigenvalue weighted by Gasteiger charge is 2.43. The normalized spacial score (nSPS) is 26.5. The lowest BCUT2D eigenvalue weighted by atomic mass is 9.83. The Morgan fingerprint density at radius 1 is 0.952 bits per heavy atom. The fraction of sp³-hybridized carbons (Fsp3) is 0.333. The smallest absolute Gasteiger partial charge is 0.0899 e. The highest BCUT2D eigenvalue weighted by atomic mass is 31.1. The van der Waals surface area contributed by atoms with Crippen molar-refractivity contribution < 1.29 is 4.52 Å². The lowest BCUT2D eigenvalue weighted by Gasteiger charge is -2.27. The Hall–Kier alpha value is -1.21. The summed E-state index contributed by atoms with van der Waals surface area (Å²) in [7, 11) is 0.539. The molecule has 2 aliphatic heterocycles. The molecule has 2 heterocycles. The van der Waals surface area contributed by atoms with E-state index in [-0.39, 0.29) is 6.10 Å². The molecule has 2 fully saturated rings. The third-order valence-electron chi connectivity index (χ3n) is 4.63. The van der Waals surface area contributed by atoms with Gasteiger partial charge in [0.1, 0.15) is 0 Å². The van der Waals surface area contributed by atoms with Crippen LogP contribution in [0.2, 0.25) is 0 Å². The molecule has 0 amide bonds. The number of nitrogens with zero attached hydrogens (tertiary/aromatic N) is 1. The predicted octanol–water partition coefficient (Wildman–Crippen LogP) is 4.19. The Kier molecular flexibility index (Phi) is 3.77. The molecule has 0 N–H and O–H groups in total. The van der Waals surface area contributed by atoms with Crippen molar-refractivity contribution in [3.8, 4) is 0 Å². The molecule has 0 aliphatic carbocycles. The average molecular weight is 297 g/mol. The summed E-state index contributed by atoms with van der Waals surface area (Å²) >= 11 is 0. The number of fused-ring (bicyclic) bond motifs is 1. The summed E-state index contributed by atoms with van der Waals surface area (Å²) < 4.78 is 8.78. The Balaban J connectivity index is 1.74. The largest absolute Gasteiger partial charge is 0.340 e. The second kappa shape index (κ2) is 5.88. The van der Waals surface area contributed by atoms with Gasteiger partial charge in [0.25, 0.3) is 0 Å². The van der Waals surface area contributed by atoms with Crippen LogP contribution < -0.4 is 0 Å². The number of hydrogen-bond donors (Lipinski definition) is 0. The molecule has 2 saturated heterocycles. The van der Waals surface area contributed by atoms with E-state index >= 15 is 0 Å². The van der Waals surface area contributed by atoms with Gasteiger partial charge in [-0.1, -0.05) is 60.7 Å². The zero-order valence-electron chi connectivity index (χ0n) is 12.0. The monoisotopic (exact) mass is 297 g/mol. The van der Waals surface area contributed by atoms with Crippen molar-refractivity contribution in [1.82, 2.24) is 4.67 Å². The quantitative estimate of drug-likeness (QED) is 0.788. The van der Waals surface area contributed by atoms with Gasteiger partial charge in [-0.05, 0) is 24.0 Å². The van der Waals surface area contributed by atoms with Crippen LogP contribution in [0.3, 0.4) is 0 Å². The molecule has 2 nitrogen and oxygen atoms in total. The number of hydrogen-bond acceptors (Lipinski definition) is 2. The summed E-state index contributed by atoms with van der Waals surface area (Å²) in [4.78, 5) is 0. The van der Waals surface area contributed by atoms with Crippen LogP contribution in [0, 0.1) is 0 Å². The van der Waals surface area contributed by atoms with E-state index in [1.807, 2.05) is 0 Å².